The zero-order valence-corrected chi connectivity index (χ0v) is 13.3. The van der Waals surface area contributed by atoms with Crippen LogP contribution in [-0.4, -0.2) is 44.4 Å². The number of aromatic nitrogens is 2. The van der Waals surface area contributed by atoms with Crippen molar-refractivity contribution >= 4 is 5.91 Å². The fourth-order valence-electron chi connectivity index (χ4n) is 2.31. The highest BCUT2D eigenvalue weighted by atomic mass is 16.3. The molecule has 1 aromatic carbocycles. The monoisotopic (exact) mass is 301 g/mol. The van der Waals surface area contributed by atoms with Gasteiger partial charge >= 0.3 is 0 Å². The number of aliphatic hydroxyl groups is 1. The van der Waals surface area contributed by atoms with Gasteiger partial charge in [0.1, 0.15) is 0 Å². The summed E-state index contributed by atoms with van der Waals surface area (Å²) < 4.78 is 1.75. The van der Waals surface area contributed by atoms with Crippen molar-refractivity contribution in [1.82, 2.24) is 14.7 Å². The summed E-state index contributed by atoms with van der Waals surface area (Å²) in [6, 6.07) is 10.0. The van der Waals surface area contributed by atoms with Crippen LogP contribution in [-0.2, 0) is 6.54 Å². The highest BCUT2D eigenvalue weighted by molar-refractivity contribution is 5.93. The molecule has 22 heavy (non-hydrogen) atoms. The zero-order chi connectivity index (χ0) is 16.1. The highest BCUT2D eigenvalue weighted by Crippen LogP contribution is 2.10. The number of nitrogens with zero attached hydrogens (tertiary/aromatic N) is 3. The van der Waals surface area contributed by atoms with Crippen molar-refractivity contribution < 1.29 is 9.90 Å². The molecule has 0 saturated carbocycles. The highest BCUT2D eigenvalue weighted by Gasteiger charge is 2.21. The van der Waals surface area contributed by atoms with Crippen LogP contribution < -0.4 is 0 Å². The van der Waals surface area contributed by atoms with Crippen LogP contribution in [0.1, 0.15) is 36.7 Å². The number of carbonyl (C=O) groups is 1. The van der Waals surface area contributed by atoms with Crippen molar-refractivity contribution in [3.05, 3.63) is 53.9 Å². The Morgan fingerprint density at radius 2 is 1.95 bits per heavy atom. The molecule has 0 radical (unpaired) electrons. The minimum absolute atomic E-state index is 0.0274. The molecule has 0 saturated heterocycles. The van der Waals surface area contributed by atoms with Crippen LogP contribution in [0.15, 0.2) is 42.7 Å². The smallest absolute Gasteiger partial charge is 0.257 e. The third-order valence-corrected chi connectivity index (χ3v) is 3.41. The molecule has 0 fully saturated rings. The minimum atomic E-state index is -0.550. The van der Waals surface area contributed by atoms with Crippen LogP contribution in [0, 0.1) is 0 Å². The van der Waals surface area contributed by atoms with Crippen molar-refractivity contribution in [2.45, 2.75) is 39.5 Å². The second kappa shape index (κ2) is 7.22. The van der Waals surface area contributed by atoms with Gasteiger partial charge in [-0.3, -0.25) is 9.48 Å². The fourth-order valence-corrected chi connectivity index (χ4v) is 2.31. The van der Waals surface area contributed by atoms with Gasteiger partial charge in [-0.2, -0.15) is 5.10 Å². The number of hydrogen-bond acceptors (Lipinski definition) is 3. The molecule has 2 aromatic rings. The van der Waals surface area contributed by atoms with Gasteiger partial charge in [-0.15, -0.1) is 0 Å². The van der Waals surface area contributed by atoms with Crippen molar-refractivity contribution in [2.75, 3.05) is 6.54 Å². The van der Waals surface area contributed by atoms with E-state index in [2.05, 4.69) is 5.10 Å². The van der Waals surface area contributed by atoms with Gasteiger partial charge in [-0.05, 0) is 26.3 Å². The number of amides is 1. The third kappa shape index (κ3) is 4.18. The summed E-state index contributed by atoms with van der Waals surface area (Å²) in [6.45, 7) is 6.51. The van der Waals surface area contributed by atoms with Crippen molar-refractivity contribution in [2.24, 2.45) is 0 Å². The van der Waals surface area contributed by atoms with E-state index in [1.54, 1.807) is 28.9 Å². The summed E-state index contributed by atoms with van der Waals surface area (Å²) in [4.78, 5) is 14.2. The quantitative estimate of drug-likeness (QED) is 0.889. The predicted molar refractivity (Wildman–Crippen MR) is 85.6 cm³/mol. The Hall–Kier alpha value is -2.14. The first-order chi connectivity index (χ1) is 10.5. The summed E-state index contributed by atoms with van der Waals surface area (Å²) >= 11 is 0. The van der Waals surface area contributed by atoms with Crippen LogP contribution in [0.2, 0.25) is 0 Å². The molecule has 1 unspecified atom stereocenters. The summed E-state index contributed by atoms with van der Waals surface area (Å²) in [7, 11) is 0. The molecule has 0 aliphatic rings. The summed E-state index contributed by atoms with van der Waals surface area (Å²) in [5.41, 5.74) is 1.68. The van der Waals surface area contributed by atoms with Gasteiger partial charge in [0.25, 0.3) is 5.91 Å². The molecular formula is C17H23N3O2. The lowest BCUT2D eigenvalue weighted by Gasteiger charge is -2.27. The Morgan fingerprint density at radius 1 is 1.27 bits per heavy atom. The van der Waals surface area contributed by atoms with E-state index in [9.17, 15) is 9.90 Å². The molecule has 0 bridgehead atoms. The molecule has 1 N–H and O–H groups in total. The summed E-state index contributed by atoms with van der Waals surface area (Å²) in [5.74, 6) is -0.102. The first-order valence-corrected chi connectivity index (χ1v) is 7.52. The SMILES string of the molecule is CC(O)CN(C(=O)c1cnn(Cc2ccccc2)c1)C(C)C. The topological polar surface area (TPSA) is 58.4 Å². The number of hydrogen-bond donors (Lipinski definition) is 1. The number of carbonyl (C=O) groups excluding carboxylic acids is 1. The Balaban J connectivity index is 2.10. The molecule has 118 valence electrons. The summed E-state index contributed by atoms with van der Waals surface area (Å²) in [6.07, 6.45) is 2.79. The predicted octanol–water partition coefficient (Wildman–Crippen LogP) is 2.16. The average Bonchev–Trinajstić information content (AvgIpc) is 2.93. The second-order valence-corrected chi connectivity index (χ2v) is 5.81. The van der Waals surface area contributed by atoms with Crippen molar-refractivity contribution in [1.29, 1.82) is 0 Å². The van der Waals surface area contributed by atoms with Crippen LogP contribution >= 0.6 is 0 Å². The Labute approximate surface area is 131 Å². The van der Waals surface area contributed by atoms with E-state index in [4.69, 9.17) is 0 Å². The molecule has 1 amide bonds. The molecule has 1 heterocycles. The van der Waals surface area contributed by atoms with Gasteiger partial charge in [-0.1, -0.05) is 30.3 Å². The molecule has 5 nitrogen and oxygen atoms in total. The van der Waals surface area contributed by atoms with Crippen molar-refractivity contribution in [3.8, 4) is 0 Å². The standard InChI is InChI=1S/C17H23N3O2/c1-13(2)20(10-14(3)21)17(22)16-9-18-19(12-16)11-15-7-5-4-6-8-15/h4-9,12-14,21H,10-11H2,1-3H3. The van der Waals surface area contributed by atoms with E-state index in [0.717, 1.165) is 5.56 Å². The lowest BCUT2D eigenvalue weighted by atomic mass is 10.2. The molecule has 0 aliphatic heterocycles. The van der Waals surface area contributed by atoms with E-state index in [0.29, 0.717) is 18.7 Å². The van der Waals surface area contributed by atoms with Crippen LogP contribution in [0.4, 0.5) is 0 Å². The molecule has 1 atom stereocenters. The average molecular weight is 301 g/mol. The van der Waals surface area contributed by atoms with Crippen LogP contribution in [0.25, 0.3) is 0 Å². The van der Waals surface area contributed by atoms with Gasteiger partial charge in [0.15, 0.2) is 0 Å². The lowest BCUT2D eigenvalue weighted by molar-refractivity contribution is 0.0578. The molecular weight excluding hydrogens is 278 g/mol. The molecule has 0 aliphatic carbocycles. The maximum atomic E-state index is 12.5. The Kier molecular flexibility index (Phi) is 5.33. The van der Waals surface area contributed by atoms with E-state index in [-0.39, 0.29) is 11.9 Å². The van der Waals surface area contributed by atoms with Gasteiger partial charge in [0.2, 0.25) is 0 Å². The molecule has 2 rings (SSSR count). The zero-order valence-electron chi connectivity index (χ0n) is 13.3. The molecule has 0 spiro atoms. The summed E-state index contributed by atoms with van der Waals surface area (Å²) in [5, 5.41) is 13.8. The first kappa shape index (κ1) is 16.2. The maximum Gasteiger partial charge on any atom is 0.257 e. The van der Waals surface area contributed by atoms with Crippen LogP contribution in [0.3, 0.4) is 0 Å². The third-order valence-electron chi connectivity index (χ3n) is 3.41. The van der Waals surface area contributed by atoms with Crippen LogP contribution in [0.5, 0.6) is 0 Å². The van der Waals surface area contributed by atoms with Gasteiger partial charge in [-0.25, -0.2) is 0 Å². The van der Waals surface area contributed by atoms with E-state index >= 15 is 0 Å². The number of benzene rings is 1. The Bertz CT molecular complexity index is 605. The van der Waals surface area contributed by atoms with E-state index in [1.165, 1.54) is 0 Å². The first-order valence-electron chi connectivity index (χ1n) is 7.52. The Morgan fingerprint density at radius 3 is 2.55 bits per heavy atom. The van der Waals surface area contributed by atoms with Gasteiger partial charge in [0, 0.05) is 18.8 Å². The molecule has 1 aromatic heterocycles. The van der Waals surface area contributed by atoms with Gasteiger partial charge < -0.3 is 10.0 Å². The second-order valence-electron chi connectivity index (χ2n) is 5.81. The normalized spacial score (nSPS) is 12.4. The van der Waals surface area contributed by atoms with E-state index in [1.807, 2.05) is 44.2 Å². The number of rotatable bonds is 6. The number of aliphatic hydroxyl groups excluding tert-OH is 1. The molecule has 5 heteroatoms. The van der Waals surface area contributed by atoms with E-state index < -0.39 is 6.10 Å². The maximum absolute atomic E-state index is 12.5. The lowest BCUT2D eigenvalue weighted by Crippen LogP contribution is -2.41. The minimum Gasteiger partial charge on any atom is -0.392 e. The van der Waals surface area contributed by atoms with Crippen molar-refractivity contribution in [3.63, 3.8) is 0 Å². The largest absolute Gasteiger partial charge is 0.392 e. The fraction of sp³-hybridized carbons (Fsp3) is 0.412. The van der Waals surface area contributed by atoms with Gasteiger partial charge in [0.05, 0.1) is 24.4 Å².